The fourth-order valence-electron chi connectivity index (χ4n) is 1.09. The molecule has 2 atom stereocenters. The molecular formula is C6H13NOS. The predicted molar refractivity (Wildman–Crippen MR) is 40.5 cm³/mol. The molecule has 0 radical (unpaired) electrons. The molecule has 3 heteroatoms. The van der Waals surface area contributed by atoms with Gasteiger partial charge in [-0.05, 0) is 6.42 Å². The van der Waals surface area contributed by atoms with Crippen LogP contribution in [0, 0.1) is 0 Å². The SMILES string of the molecule is CC1CC(O)(CN)CS1. The van der Waals surface area contributed by atoms with Crippen LogP contribution >= 0.6 is 11.8 Å². The van der Waals surface area contributed by atoms with Gasteiger partial charge in [-0.2, -0.15) is 11.8 Å². The lowest BCUT2D eigenvalue weighted by Crippen LogP contribution is -2.37. The van der Waals surface area contributed by atoms with Gasteiger partial charge in [0.1, 0.15) is 0 Å². The van der Waals surface area contributed by atoms with Gasteiger partial charge in [0.2, 0.25) is 0 Å². The van der Waals surface area contributed by atoms with Gasteiger partial charge in [0.25, 0.3) is 0 Å². The average molecular weight is 147 g/mol. The van der Waals surface area contributed by atoms with E-state index in [1.807, 2.05) is 0 Å². The lowest BCUT2D eigenvalue weighted by Gasteiger charge is -2.17. The number of nitrogens with two attached hydrogens (primary N) is 1. The topological polar surface area (TPSA) is 46.2 Å². The van der Waals surface area contributed by atoms with E-state index < -0.39 is 5.60 Å². The van der Waals surface area contributed by atoms with Crippen molar-refractivity contribution >= 4 is 11.8 Å². The fourth-order valence-corrected chi connectivity index (χ4v) is 2.35. The highest BCUT2D eigenvalue weighted by atomic mass is 32.2. The summed E-state index contributed by atoms with van der Waals surface area (Å²) in [5.41, 5.74) is 4.82. The normalized spacial score (nSPS) is 43.7. The second-order valence-electron chi connectivity index (χ2n) is 2.75. The molecule has 0 amide bonds. The van der Waals surface area contributed by atoms with Crippen molar-refractivity contribution in [1.82, 2.24) is 0 Å². The highest BCUT2D eigenvalue weighted by Gasteiger charge is 2.34. The lowest BCUT2D eigenvalue weighted by molar-refractivity contribution is 0.0730. The van der Waals surface area contributed by atoms with Crippen molar-refractivity contribution in [3.05, 3.63) is 0 Å². The lowest BCUT2D eigenvalue weighted by atomic mass is 10.0. The molecule has 3 N–H and O–H groups in total. The fraction of sp³-hybridized carbons (Fsp3) is 1.00. The molecule has 1 heterocycles. The van der Waals surface area contributed by atoms with E-state index in [1.165, 1.54) is 0 Å². The van der Waals surface area contributed by atoms with Crippen LogP contribution in [0.2, 0.25) is 0 Å². The monoisotopic (exact) mass is 147 g/mol. The van der Waals surface area contributed by atoms with Gasteiger partial charge in [-0.3, -0.25) is 0 Å². The van der Waals surface area contributed by atoms with Crippen LogP contribution in [0.4, 0.5) is 0 Å². The number of rotatable bonds is 1. The average Bonchev–Trinajstić information content (AvgIpc) is 2.13. The highest BCUT2D eigenvalue weighted by Crippen LogP contribution is 2.33. The van der Waals surface area contributed by atoms with E-state index in [0.717, 1.165) is 12.2 Å². The Bertz CT molecular complexity index is 109. The van der Waals surface area contributed by atoms with Gasteiger partial charge in [0.05, 0.1) is 5.60 Å². The van der Waals surface area contributed by atoms with E-state index in [0.29, 0.717) is 11.8 Å². The first-order valence-corrected chi connectivity index (χ1v) is 4.25. The van der Waals surface area contributed by atoms with E-state index in [1.54, 1.807) is 11.8 Å². The molecule has 1 aliphatic rings. The molecule has 0 spiro atoms. The van der Waals surface area contributed by atoms with Crippen LogP contribution in [0.1, 0.15) is 13.3 Å². The summed E-state index contributed by atoms with van der Waals surface area (Å²) in [6.07, 6.45) is 0.855. The third kappa shape index (κ3) is 1.60. The second-order valence-corrected chi connectivity index (χ2v) is 4.18. The summed E-state index contributed by atoms with van der Waals surface area (Å²) < 4.78 is 0. The number of thioether (sulfide) groups is 1. The van der Waals surface area contributed by atoms with E-state index in [9.17, 15) is 5.11 Å². The molecule has 1 saturated heterocycles. The maximum Gasteiger partial charge on any atom is 0.0869 e. The van der Waals surface area contributed by atoms with Crippen LogP contribution in [0.3, 0.4) is 0 Å². The minimum Gasteiger partial charge on any atom is -0.388 e. The van der Waals surface area contributed by atoms with Crippen molar-refractivity contribution in [2.75, 3.05) is 12.3 Å². The summed E-state index contributed by atoms with van der Waals surface area (Å²) in [7, 11) is 0. The maximum absolute atomic E-state index is 9.52. The van der Waals surface area contributed by atoms with Crippen LogP contribution in [-0.4, -0.2) is 28.3 Å². The molecule has 1 fully saturated rings. The molecule has 0 aromatic rings. The van der Waals surface area contributed by atoms with Gasteiger partial charge in [0.15, 0.2) is 0 Å². The zero-order chi connectivity index (χ0) is 6.91. The van der Waals surface area contributed by atoms with Gasteiger partial charge in [-0.15, -0.1) is 0 Å². The van der Waals surface area contributed by atoms with Crippen LogP contribution < -0.4 is 5.73 Å². The molecule has 1 aliphatic heterocycles. The third-order valence-electron chi connectivity index (χ3n) is 1.68. The minimum absolute atomic E-state index is 0.407. The molecule has 54 valence electrons. The zero-order valence-corrected chi connectivity index (χ0v) is 6.45. The van der Waals surface area contributed by atoms with Crippen LogP contribution in [-0.2, 0) is 0 Å². The standard InChI is InChI=1S/C6H13NOS/c1-5-2-6(8,3-7)4-9-5/h5,8H,2-4,7H2,1H3. The van der Waals surface area contributed by atoms with Gasteiger partial charge < -0.3 is 10.8 Å². The van der Waals surface area contributed by atoms with E-state index >= 15 is 0 Å². The first kappa shape index (κ1) is 7.38. The zero-order valence-electron chi connectivity index (χ0n) is 5.63. The first-order valence-electron chi connectivity index (χ1n) is 3.20. The van der Waals surface area contributed by atoms with Crippen molar-refractivity contribution in [3.8, 4) is 0 Å². The summed E-state index contributed by atoms with van der Waals surface area (Å²) in [5.74, 6) is 0.810. The predicted octanol–water partition coefficient (Wildman–Crippen LogP) is 0.202. The molecule has 2 nitrogen and oxygen atoms in total. The summed E-state index contributed by atoms with van der Waals surface area (Å²) >= 11 is 1.80. The van der Waals surface area contributed by atoms with Crippen molar-refractivity contribution in [1.29, 1.82) is 0 Å². The molecule has 0 aromatic heterocycles. The van der Waals surface area contributed by atoms with E-state index in [2.05, 4.69) is 6.92 Å². The molecule has 0 bridgehead atoms. The Balaban J connectivity index is 2.45. The molecule has 2 unspecified atom stereocenters. The summed E-state index contributed by atoms with van der Waals surface area (Å²) in [6, 6.07) is 0. The minimum atomic E-state index is -0.552. The van der Waals surface area contributed by atoms with Crippen molar-refractivity contribution in [2.24, 2.45) is 5.73 Å². The third-order valence-corrected chi connectivity index (χ3v) is 3.12. The van der Waals surface area contributed by atoms with Gasteiger partial charge in [-0.25, -0.2) is 0 Å². The Labute approximate surface area is 59.8 Å². The van der Waals surface area contributed by atoms with Gasteiger partial charge in [0, 0.05) is 17.5 Å². The molecular weight excluding hydrogens is 134 g/mol. The van der Waals surface area contributed by atoms with Crippen molar-refractivity contribution in [3.63, 3.8) is 0 Å². The summed E-state index contributed by atoms with van der Waals surface area (Å²) in [4.78, 5) is 0. The van der Waals surface area contributed by atoms with Crippen molar-refractivity contribution < 1.29 is 5.11 Å². The van der Waals surface area contributed by atoms with Crippen LogP contribution in [0.25, 0.3) is 0 Å². The Hall–Kier alpha value is 0.270. The Kier molecular flexibility index (Phi) is 2.03. The summed E-state index contributed by atoms with van der Waals surface area (Å²) in [5, 5.41) is 10.1. The Morgan fingerprint density at radius 1 is 1.89 bits per heavy atom. The second kappa shape index (κ2) is 2.48. The smallest absolute Gasteiger partial charge is 0.0869 e. The molecule has 9 heavy (non-hydrogen) atoms. The molecule has 1 rings (SSSR count). The first-order chi connectivity index (χ1) is 4.16. The van der Waals surface area contributed by atoms with Crippen LogP contribution in [0.5, 0.6) is 0 Å². The van der Waals surface area contributed by atoms with Crippen LogP contribution in [0.15, 0.2) is 0 Å². The number of hydrogen-bond acceptors (Lipinski definition) is 3. The van der Waals surface area contributed by atoms with E-state index in [4.69, 9.17) is 5.73 Å². The summed E-state index contributed by atoms with van der Waals surface area (Å²) in [6.45, 7) is 2.53. The molecule has 0 aromatic carbocycles. The molecule has 0 saturated carbocycles. The molecule has 0 aliphatic carbocycles. The largest absolute Gasteiger partial charge is 0.388 e. The van der Waals surface area contributed by atoms with Gasteiger partial charge >= 0.3 is 0 Å². The number of aliphatic hydroxyl groups is 1. The van der Waals surface area contributed by atoms with Gasteiger partial charge in [-0.1, -0.05) is 6.92 Å². The van der Waals surface area contributed by atoms with E-state index in [-0.39, 0.29) is 0 Å². The Morgan fingerprint density at radius 2 is 2.56 bits per heavy atom. The van der Waals surface area contributed by atoms with Crippen molar-refractivity contribution in [2.45, 2.75) is 24.2 Å². The number of hydrogen-bond donors (Lipinski definition) is 2. The Morgan fingerprint density at radius 3 is 2.78 bits per heavy atom. The quantitative estimate of drug-likeness (QED) is 0.557. The highest BCUT2D eigenvalue weighted by molar-refractivity contribution is 8.00. The maximum atomic E-state index is 9.52.